The van der Waals surface area contributed by atoms with Crippen LogP contribution in [0.5, 0.6) is 0 Å². The van der Waals surface area contributed by atoms with E-state index < -0.39 is 46.8 Å². The summed E-state index contributed by atoms with van der Waals surface area (Å²) in [6.45, 7) is 3.54. The molecule has 51 heavy (non-hydrogen) atoms. The Morgan fingerprint density at radius 2 is 1.12 bits per heavy atom. The maximum absolute atomic E-state index is 14.3. The standard InChI is InChI=1S/C18H12BrF3N2O2.C18H13F3N2O2/c1-2-26-18(25)16-15(19)17(10-7-8-11(20)13(22)9-10)24(23-16)14-6-4-3-5-12(14)21;1-2-25-18(24)15-10-17(11-7-8-12(19)14(21)9-11)23(22-15)16-6-4-3-5-13(16)20/h3-9H,2H2,1H3;3-10H,2H2,1H3. The molecule has 0 radical (unpaired) electrons. The molecule has 0 unspecified atom stereocenters. The van der Waals surface area contributed by atoms with Gasteiger partial charge in [0.1, 0.15) is 23.0 Å². The van der Waals surface area contributed by atoms with Crippen molar-refractivity contribution < 1.29 is 45.4 Å². The normalized spacial score (nSPS) is 10.8. The van der Waals surface area contributed by atoms with Gasteiger partial charge in [-0.1, -0.05) is 24.3 Å². The van der Waals surface area contributed by atoms with E-state index in [4.69, 9.17) is 9.47 Å². The fraction of sp³-hybridized carbons (Fsp3) is 0.111. The van der Waals surface area contributed by atoms with Crippen LogP contribution in [-0.2, 0) is 9.47 Å². The summed E-state index contributed by atoms with van der Waals surface area (Å²) in [5.74, 6) is -6.75. The van der Waals surface area contributed by atoms with Gasteiger partial charge in [-0.05, 0) is 96.5 Å². The molecule has 0 aliphatic carbocycles. The van der Waals surface area contributed by atoms with Crippen LogP contribution in [0.25, 0.3) is 33.9 Å². The van der Waals surface area contributed by atoms with E-state index in [1.165, 1.54) is 54.6 Å². The average molecular weight is 772 g/mol. The number of esters is 2. The van der Waals surface area contributed by atoms with Crippen LogP contribution in [0.3, 0.4) is 0 Å². The number of para-hydroxylation sites is 2. The van der Waals surface area contributed by atoms with E-state index in [0.29, 0.717) is 0 Å². The second-order valence-electron chi connectivity index (χ2n) is 10.4. The predicted molar refractivity (Wildman–Crippen MR) is 177 cm³/mol. The highest BCUT2D eigenvalue weighted by Gasteiger charge is 2.26. The Kier molecular flexibility index (Phi) is 11.4. The van der Waals surface area contributed by atoms with Gasteiger partial charge in [0, 0.05) is 11.1 Å². The molecule has 2 heterocycles. The molecule has 4 aromatic carbocycles. The smallest absolute Gasteiger partial charge is 0.360 e. The minimum atomic E-state index is -1.08. The number of hydrogen-bond acceptors (Lipinski definition) is 6. The van der Waals surface area contributed by atoms with Crippen LogP contribution in [0.1, 0.15) is 34.8 Å². The molecule has 0 spiro atoms. The van der Waals surface area contributed by atoms with Gasteiger partial charge in [-0.2, -0.15) is 10.2 Å². The molecule has 15 heteroatoms. The van der Waals surface area contributed by atoms with E-state index in [-0.39, 0.29) is 63.0 Å². The lowest BCUT2D eigenvalue weighted by Crippen LogP contribution is -2.08. The first-order valence-corrected chi connectivity index (χ1v) is 15.9. The molecular weight excluding hydrogens is 746 g/mol. The lowest BCUT2D eigenvalue weighted by atomic mass is 10.1. The van der Waals surface area contributed by atoms with Gasteiger partial charge in [0.2, 0.25) is 0 Å². The summed E-state index contributed by atoms with van der Waals surface area (Å²) in [6, 6.07) is 19.3. The van der Waals surface area contributed by atoms with Crippen LogP contribution >= 0.6 is 15.9 Å². The number of aromatic nitrogens is 4. The molecule has 8 nitrogen and oxygen atoms in total. The topological polar surface area (TPSA) is 88.2 Å². The molecule has 0 bridgehead atoms. The third-order valence-corrected chi connectivity index (χ3v) is 7.81. The van der Waals surface area contributed by atoms with Crippen molar-refractivity contribution in [3.05, 3.63) is 142 Å². The van der Waals surface area contributed by atoms with Gasteiger partial charge in [-0.15, -0.1) is 0 Å². The molecule has 0 saturated carbocycles. The molecular formula is C36H25BrF6N4O4. The highest BCUT2D eigenvalue weighted by Crippen LogP contribution is 2.35. The number of hydrogen-bond donors (Lipinski definition) is 0. The quantitative estimate of drug-likeness (QED) is 0.113. The van der Waals surface area contributed by atoms with Crippen LogP contribution in [-0.4, -0.2) is 44.7 Å². The first kappa shape index (κ1) is 36.6. The summed E-state index contributed by atoms with van der Waals surface area (Å²) >= 11 is 3.25. The number of carbonyl (C=O) groups is 2. The Morgan fingerprint density at radius 3 is 1.67 bits per heavy atom. The summed E-state index contributed by atoms with van der Waals surface area (Å²) in [6.07, 6.45) is 0. The van der Waals surface area contributed by atoms with Crippen LogP contribution < -0.4 is 0 Å². The lowest BCUT2D eigenvalue weighted by Gasteiger charge is -2.09. The summed E-state index contributed by atoms with van der Waals surface area (Å²) in [4.78, 5) is 24.1. The molecule has 6 rings (SSSR count). The van der Waals surface area contributed by atoms with Crippen molar-refractivity contribution in [1.82, 2.24) is 19.6 Å². The maximum Gasteiger partial charge on any atom is 0.360 e. The summed E-state index contributed by atoms with van der Waals surface area (Å²) in [7, 11) is 0. The SMILES string of the molecule is CCOC(=O)c1cc(-c2ccc(F)c(F)c2)n(-c2ccccc2F)n1.CCOC(=O)c1nn(-c2ccccc2F)c(-c2ccc(F)c(F)c2)c1Br. The molecule has 0 saturated heterocycles. The molecule has 0 atom stereocenters. The van der Waals surface area contributed by atoms with E-state index in [0.717, 1.165) is 33.6 Å². The molecule has 6 aromatic rings. The minimum absolute atomic E-state index is 0.0449. The second kappa shape index (κ2) is 15.9. The highest BCUT2D eigenvalue weighted by atomic mass is 79.9. The van der Waals surface area contributed by atoms with Gasteiger partial charge in [-0.25, -0.2) is 45.3 Å². The number of carbonyl (C=O) groups excluding carboxylic acids is 2. The fourth-order valence-corrected chi connectivity index (χ4v) is 5.41. The maximum atomic E-state index is 14.3. The Labute approximate surface area is 295 Å². The monoisotopic (exact) mass is 770 g/mol. The highest BCUT2D eigenvalue weighted by molar-refractivity contribution is 9.10. The predicted octanol–water partition coefficient (Wildman–Crippen LogP) is 9.03. The fourth-order valence-electron chi connectivity index (χ4n) is 4.77. The third-order valence-electron chi connectivity index (χ3n) is 7.06. The van der Waals surface area contributed by atoms with E-state index in [1.807, 2.05) is 0 Å². The van der Waals surface area contributed by atoms with Crippen molar-refractivity contribution in [2.45, 2.75) is 13.8 Å². The van der Waals surface area contributed by atoms with Crippen molar-refractivity contribution in [3.8, 4) is 33.9 Å². The van der Waals surface area contributed by atoms with Crippen LogP contribution in [0.15, 0.2) is 95.5 Å². The zero-order valence-corrected chi connectivity index (χ0v) is 28.2. The number of rotatable bonds is 8. The molecule has 0 aliphatic heterocycles. The summed E-state index contributed by atoms with van der Waals surface area (Å²) in [5.41, 5.74) is 0.817. The van der Waals surface area contributed by atoms with Gasteiger partial charge >= 0.3 is 11.9 Å². The molecule has 2 aromatic heterocycles. The molecule has 0 N–H and O–H groups in total. The summed E-state index contributed by atoms with van der Waals surface area (Å²) < 4.78 is 94.6. The van der Waals surface area contributed by atoms with Gasteiger partial charge in [-0.3, -0.25) is 0 Å². The van der Waals surface area contributed by atoms with E-state index in [2.05, 4.69) is 26.1 Å². The van der Waals surface area contributed by atoms with E-state index in [9.17, 15) is 35.9 Å². The van der Waals surface area contributed by atoms with Crippen LogP contribution in [0.4, 0.5) is 26.3 Å². The zero-order chi connectivity index (χ0) is 36.8. The van der Waals surface area contributed by atoms with Crippen molar-refractivity contribution in [1.29, 1.82) is 0 Å². The zero-order valence-electron chi connectivity index (χ0n) is 26.6. The number of benzene rings is 4. The largest absolute Gasteiger partial charge is 0.461 e. The Morgan fingerprint density at radius 1 is 0.608 bits per heavy atom. The van der Waals surface area contributed by atoms with E-state index >= 15 is 0 Å². The number of ether oxygens (including phenoxy) is 2. The van der Waals surface area contributed by atoms with Crippen LogP contribution in [0, 0.1) is 34.9 Å². The average Bonchev–Trinajstić information content (AvgIpc) is 3.70. The Bertz CT molecular complexity index is 2240. The third kappa shape index (κ3) is 7.88. The minimum Gasteiger partial charge on any atom is -0.461 e. The van der Waals surface area contributed by atoms with Gasteiger partial charge < -0.3 is 9.47 Å². The first-order valence-electron chi connectivity index (χ1n) is 15.1. The van der Waals surface area contributed by atoms with Crippen LogP contribution in [0.2, 0.25) is 0 Å². The molecule has 0 fully saturated rings. The number of nitrogens with zero attached hydrogens (tertiary/aromatic N) is 4. The van der Waals surface area contributed by atoms with Crippen molar-refractivity contribution >= 4 is 27.9 Å². The van der Waals surface area contributed by atoms with Gasteiger partial charge in [0.25, 0.3) is 0 Å². The molecule has 0 aliphatic rings. The van der Waals surface area contributed by atoms with Crippen molar-refractivity contribution in [2.24, 2.45) is 0 Å². The number of halogens is 7. The van der Waals surface area contributed by atoms with Gasteiger partial charge in [0.15, 0.2) is 34.7 Å². The second-order valence-corrected chi connectivity index (χ2v) is 11.1. The lowest BCUT2D eigenvalue weighted by molar-refractivity contribution is 0.0509. The molecule has 0 amide bonds. The summed E-state index contributed by atoms with van der Waals surface area (Å²) in [5, 5.41) is 8.20. The van der Waals surface area contributed by atoms with Gasteiger partial charge in [0.05, 0.1) is 29.1 Å². The van der Waals surface area contributed by atoms with Crippen molar-refractivity contribution in [2.75, 3.05) is 13.2 Å². The van der Waals surface area contributed by atoms with E-state index in [1.54, 1.807) is 26.0 Å². The van der Waals surface area contributed by atoms with Crippen molar-refractivity contribution in [3.63, 3.8) is 0 Å². The first-order chi connectivity index (χ1) is 24.4. The Hall–Kier alpha value is -5.70. The Balaban J connectivity index is 0.000000198. The molecule has 262 valence electrons.